The zero-order valence-electron chi connectivity index (χ0n) is 16.5. The number of carbonyl (C=O) groups excluding carboxylic acids is 1. The van der Waals surface area contributed by atoms with Gasteiger partial charge >= 0.3 is 0 Å². The van der Waals surface area contributed by atoms with Crippen LogP contribution in [0.15, 0.2) is 84.8 Å². The van der Waals surface area contributed by atoms with E-state index in [1.54, 1.807) is 11.1 Å². The fraction of sp³-hybridized carbons (Fsp3) is 0.261. The van der Waals surface area contributed by atoms with Crippen LogP contribution in [0.1, 0.15) is 29.9 Å². The van der Waals surface area contributed by atoms with E-state index >= 15 is 0 Å². The van der Waals surface area contributed by atoms with Crippen LogP contribution in [-0.4, -0.2) is 35.4 Å². The summed E-state index contributed by atoms with van der Waals surface area (Å²) in [7, 11) is 0. The highest BCUT2D eigenvalue weighted by molar-refractivity contribution is 5.88. The van der Waals surface area contributed by atoms with Crippen molar-refractivity contribution < 1.29 is 15.6 Å². The Balaban J connectivity index is 1.56. The summed E-state index contributed by atoms with van der Waals surface area (Å²) in [6.07, 6.45) is 5.58. The molecule has 3 rings (SSSR count). The third-order valence-corrected chi connectivity index (χ3v) is 5.05. The van der Waals surface area contributed by atoms with Gasteiger partial charge < -0.3 is 26.4 Å². The maximum atomic E-state index is 11.2. The van der Waals surface area contributed by atoms with Crippen LogP contribution in [0.5, 0.6) is 0 Å². The first-order valence-corrected chi connectivity index (χ1v) is 9.92. The number of nitrogens with zero attached hydrogens (tertiary/aromatic N) is 1. The summed E-state index contributed by atoms with van der Waals surface area (Å²) < 4.78 is 0. The number of hydrogen-bond donors (Lipinski definition) is 4. The van der Waals surface area contributed by atoms with Gasteiger partial charge in [0.1, 0.15) is 6.20 Å². The summed E-state index contributed by atoms with van der Waals surface area (Å²) in [6, 6.07) is 21.0. The van der Waals surface area contributed by atoms with E-state index in [9.17, 15) is 9.90 Å². The summed E-state index contributed by atoms with van der Waals surface area (Å²) in [5.41, 5.74) is 7.55. The number of quaternary nitrogens is 1. The third kappa shape index (κ3) is 5.94. The predicted molar refractivity (Wildman–Crippen MR) is 113 cm³/mol. The van der Waals surface area contributed by atoms with Crippen LogP contribution in [0.3, 0.4) is 0 Å². The lowest BCUT2D eigenvalue weighted by molar-refractivity contribution is -0.276. The largest absolute Gasteiger partial charge is 0.383 e. The van der Waals surface area contributed by atoms with Crippen molar-refractivity contribution in [3.8, 4) is 0 Å². The van der Waals surface area contributed by atoms with Crippen LogP contribution < -0.4 is 16.4 Å². The number of nitrogens with one attached hydrogen (secondary N) is 2. The Bertz CT molecular complexity index is 797. The van der Waals surface area contributed by atoms with E-state index in [4.69, 9.17) is 0 Å². The molecular formula is C23H29N4O2+. The minimum absolute atomic E-state index is 0.245. The quantitative estimate of drug-likeness (QED) is 0.519. The Kier molecular flexibility index (Phi) is 7.44. The van der Waals surface area contributed by atoms with Gasteiger partial charge in [-0.25, -0.2) is 0 Å². The zero-order valence-corrected chi connectivity index (χ0v) is 16.5. The van der Waals surface area contributed by atoms with Crippen LogP contribution in [-0.2, 0) is 4.79 Å². The second kappa shape index (κ2) is 10.5. The molecule has 0 radical (unpaired) electrons. The molecule has 1 aliphatic heterocycles. The van der Waals surface area contributed by atoms with Crippen LogP contribution in [0, 0.1) is 0 Å². The second-order valence-corrected chi connectivity index (χ2v) is 7.02. The molecule has 1 aliphatic rings. The molecule has 0 aromatic heterocycles. The average Bonchev–Trinajstić information content (AvgIpc) is 2.75. The summed E-state index contributed by atoms with van der Waals surface area (Å²) in [4.78, 5) is 12.9. The fourth-order valence-electron chi connectivity index (χ4n) is 3.45. The molecule has 6 N–H and O–H groups in total. The molecule has 1 atom stereocenters. The van der Waals surface area contributed by atoms with Gasteiger partial charge in [-0.15, -0.1) is 0 Å². The van der Waals surface area contributed by atoms with Crippen molar-refractivity contribution in [3.63, 3.8) is 0 Å². The lowest BCUT2D eigenvalue weighted by Gasteiger charge is -2.29. The molecule has 0 bridgehead atoms. The molecule has 2 aromatic carbocycles. The van der Waals surface area contributed by atoms with Crippen molar-refractivity contribution in [3.05, 3.63) is 96.0 Å². The smallest absolute Gasteiger partial charge is 0.248 e. The van der Waals surface area contributed by atoms with Gasteiger partial charge in [0.2, 0.25) is 12.3 Å². The first kappa shape index (κ1) is 20.6. The zero-order chi connectivity index (χ0) is 20.5. The van der Waals surface area contributed by atoms with Crippen molar-refractivity contribution >= 4 is 5.91 Å². The van der Waals surface area contributed by atoms with E-state index < -0.39 is 6.35 Å². The number of benzene rings is 2. The second-order valence-electron chi connectivity index (χ2n) is 7.02. The van der Waals surface area contributed by atoms with Crippen molar-refractivity contribution in [1.29, 1.82) is 0 Å². The maximum Gasteiger partial charge on any atom is 0.248 e. The van der Waals surface area contributed by atoms with Gasteiger partial charge in [0, 0.05) is 31.3 Å². The summed E-state index contributed by atoms with van der Waals surface area (Å²) in [5, 5.41) is 15.9. The Morgan fingerprint density at radius 1 is 1.14 bits per heavy atom. The van der Waals surface area contributed by atoms with E-state index in [-0.39, 0.29) is 11.8 Å². The van der Waals surface area contributed by atoms with Gasteiger partial charge in [-0.2, -0.15) is 0 Å². The number of hydrogen-bond acceptors (Lipinski definition) is 4. The summed E-state index contributed by atoms with van der Waals surface area (Å²) >= 11 is 0. The predicted octanol–water partition coefficient (Wildman–Crippen LogP) is 1.49. The lowest BCUT2D eigenvalue weighted by atomic mass is 9.91. The minimum atomic E-state index is -0.965. The molecule has 1 amide bonds. The van der Waals surface area contributed by atoms with Gasteiger partial charge in [0.15, 0.2) is 0 Å². The van der Waals surface area contributed by atoms with Crippen LogP contribution in [0.25, 0.3) is 0 Å². The van der Waals surface area contributed by atoms with E-state index in [2.05, 4.69) is 64.9 Å². The summed E-state index contributed by atoms with van der Waals surface area (Å²) in [6.45, 7) is 1.41. The molecule has 0 fully saturated rings. The van der Waals surface area contributed by atoms with Gasteiger partial charge in [-0.1, -0.05) is 60.7 Å². The number of aliphatic hydroxyl groups is 1. The van der Waals surface area contributed by atoms with Crippen molar-refractivity contribution in [2.75, 3.05) is 13.1 Å². The normalized spacial score (nSPS) is 16.8. The Morgan fingerprint density at radius 3 is 2.31 bits per heavy atom. The maximum absolute atomic E-state index is 11.2. The number of allylic oxidation sites excluding steroid dienone is 1. The molecule has 29 heavy (non-hydrogen) atoms. The number of carbonyl (C=O) groups is 1. The fourth-order valence-corrected chi connectivity index (χ4v) is 3.45. The molecule has 0 aliphatic carbocycles. The molecule has 0 saturated heterocycles. The number of rotatable bonds is 9. The highest BCUT2D eigenvalue weighted by Gasteiger charge is 2.18. The molecule has 0 spiro atoms. The standard InChI is InChI=1S/C23H28N4O2/c24-16-20(12-7-14-27-15-13-22(28)26-23(27)29)25-17-21(18-8-3-1-4-9-18)19-10-5-2-6-11-19/h1-6,8-11,13,15-16,21,23,25,29H,7,12,14,17,24H2,(H,26,28)/p+1/b20-16-. The molecule has 6 heteroatoms. The van der Waals surface area contributed by atoms with E-state index in [0.717, 1.165) is 25.1 Å². The first-order chi connectivity index (χ1) is 14.2. The Hall–Kier alpha value is -3.09. The van der Waals surface area contributed by atoms with Gasteiger partial charge in [-0.05, 0) is 24.0 Å². The summed E-state index contributed by atoms with van der Waals surface area (Å²) in [5.74, 6) is -0.0314. The highest BCUT2D eigenvalue weighted by atomic mass is 16.3. The van der Waals surface area contributed by atoms with Crippen molar-refractivity contribution in [2.45, 2.75) is 25.1 Å². The molecular weight excluding hydrogens is 364 g/mol. The van der Waals surface area contributed by atoms with E-state index in [1.165, 1.54) is 17.2 Å². The van der Waals surface area contributed by atoms with E-state index in [1.807, 2.05) is 18.3 Å². The number of amides is 1. The van der Waals surface area contributed by atoms with Gasteiger partial charge in [0.05, 0.1) is 5.70 Å². The lowest BCUT2D eigenvalue weighted by Crippen LogP contribution is -2.48. The minimum Gasteiger partial charge on any atom is -0.383 e. The van der Waals surface area contributed by atoms with Gasteiger partial charge in [0.25, 0.3) is 0 Å². The molecule has 152 valence electrons. The number of aliphatic hydroxyl groups excluding tert-OH is 1. The molecule has 1 unspecified atom stereocenters. The van der Waals surface area contributed by atoms with Gasteiger partial charge in [-0.3, -0.25) is 4.79 Å². The van der Waals surface area contributed by atoms with Crippen molar-refractivity contribution in [1.82, 2.24) is 15.5 Å². The third-order valence-electron chi connectivity index (χ3n) is 5.05. The Labute approximate surface area is 171 Å². The SMILES string of the molecule is [NH3+]/C=C(/CCCN1C=CC(=O)NC1O)NCC(c1ccccc1)c1ccccc1. The monoisotopic (exact) mass is 393 g/mol. The topological polar surface area (TPSA) is 92.2 Å². The van der Waals surface area contributed by atoms with E-state index in [0.29, 0.717) is 6.54 Å². The van der Waals surface area contributed by atoms with Crippen molar-refractivity contribution in [2.24, 2.45) is 0 Å². The van der Waals surface area contributed by atoms with Crippen LogP contribution in [0.2, 0.25) is 0 Å². The van der Waals surface area contributed by atoms with Crippen LogP contribution in [0.4, 0.5) is 0 Å². The molecule has 6 nitrogen and oxygen atoms in total. The first-order valence-electron chi connectivity index (χ1n) is 9.92. The average molecular weight is 394 g/mol. The molecule has 1 heterocycles. The molecule has 2 aromatic rings. The highest BCUT2D eigenvalue weighted by Crippen LogP contribution is 2.24. The van der Waals surface area contributed by atoms with Crippen LogP contribution >= 0.6 is 0 Å². The Morgan fingerprint density at radius 2 is 1.76 bits per heavy atom. The molecule has 0 saturated carbocycles.